The standard InChI is InChI=1S/C19H22N4O4/c1-20-18(24)11-21-12-19(25)23-16(17-4-3-9-27-17)10-15(22-23)13-5-7-14(26-2)8-6-13/h3-9,16,21H,10-12H2,1-2H3,(H,20,24)/p+1/t16-/m1/s1. The first-order valence-electron chi connectivity index (χ1n) is 8.72. The van der Waals surface area contributed by atoms with E-state index in [0.29, 0.717) is 12.2 Å². The third-order valence-electron chi connectivity index (χ3n) is 4.39. The van der Waals surface area contributed by atoms with E-state index in [4.69, 9.17) is 9.15 Å². The van der Waals surface area contributed by atoms with Gasteiger partial charge in [-0.3, -0.25) is 9.59 Å². The number of hydrazone groups is 1. The predicted molar refractivity (Wildman–Crippen MR) is 98.2 cm³/mol. The van der Waals surface area contributed by atoms with Crippen LogP contribution in [0.4, 0.5) is 0 Å². The molecule has 8 nitrogen and oxygen atoms in total. The first-order valence-corrected chi connectivity index (χ1v) is 8.72. The highest BCUT2D eigenvalue weighted by Gasteiger charge is 2.35. The molecule has 2 aromatic rings. The summed E-state index contributed by atoms with van der Waals surface area (Å²) in [7, 11) is 3.18. The maximum Gasteiger partial charge on any atom is 0.298 e. The summed E-state index contributed by atoms with van der Waals surface area (Å²) >= 11 is 0. The van der Waals surface area contributed by atoms with E-state index in [1.54, 1.807) is 31.8 Å². The van der Waals surface area contributed by atoms with Crippen molar-refractivity contribution >= 4 is 17.5 Å². The van der Waals surface area contributed by atoms with E-state index in [1.807, 2.05) is 30.3 Å². The number of benzene rings is 1. The van der Waals surface area contributed by atoms with Crippen molar-refractivity contribution in [2.24, 2.45) is 5.10 Å². The number of rotatable bonds is 7. The van der Waals surface area contributed by atoms with Gasteiger partial charge in [0.25, 0.3) is 11.8 Å². The minimum absolute atomic E-state index is 0.129. The molecule has 0 unspecified atom stereocenters. The number of carbonyl (C=O) groups is 2. The number of amides is 2. The second-order valence-corrected chi connectivity index (χ2v) is 6.12. The number of nitrogens with two attached hydrogens (primary N) is 1. The summed E-state index contributed by atoms with van der Waals surface area (Å²) in [6, 6.07) is 10.9. The lowest BCUT2D eigenvalue weighted by molar-refractivity contribution is -0.633. The van der Waals surface area contributed by atoms with Crippen molar-refractivity contribution in [3.8, 4) is 5.75 Å². The number of methoxy groups -OCH3 is 1. The minimum atomic E-state index is -0.294. The number of nitrogens with zero attached hydrogens (tertiary/aromatic N) is 2. The van der Waals surface area contributed by atoms with Crippen LogP contribution in [0.2, 0.25) is 0 Å². The van der Waals surface area contributed by atoms with Crippen LogP contribution in [-0.4, -0.2) is 49.8 Å². The zero-order valence-corrected chi connectivity index (χ0v) is 15.3. The van der Waals surface area contributed by atoms with E-state index in [-0.39, 0.29) is 30.9 Å². The van der Waals surface area contributed by atoms with E-state index in [0.717, 1.165) is 17.0 Å². The highest BCUT2D eigenvalue weighted by molar-refractivity contribution is 6.03. The Labute approximate surface area is 157 Å². The van der Waals surface area contributed by atoms with Gasteiger partial charge in [-0.2, -0.15) is 5.10 Å². The normalized spacial score (nSPS) is 16.1. The van der Waals surface area contributed by atoms with Crippen molar-refractivity contribution in [3.05, 3.63) is 54.0 Å². The van der Waals surface area contributed by atoms with Crippen LogP contribution in [0.1, 0.15) is 23.8 Å². The SMILES string of the molecule is CNC(=O)C[NH2+]CC(=O)N1N=C(c2ccc(OC)cc2)C[C@@H]1c1ccco1. The van der Waals surface area contributed by atoms with Gasteiger partial charge in [0.1, 0.15) is 17.6 Å². The van der Waals surface area contributed by atoms with Gasteiger partial charge in [0, 0.05) is 13.5 Å². The van der Waals surface area contributed by atoms with Gasteiger partial charge < -0.3 is 19.8 Å². The van der Waals surface area contributed by atoms with Crippen LogP contribution in [0, 0.1) is 0 Å². The van der Waals surface area contributed by atoms with Gasteiger partial charge in [-0.25, -0.2) is 5.01 Å². The molecular formula is C19H23N4O4+. The van der Waals surface area contributed by atoms with Crippen molar-refractivity contribution in [2.45, 2.75) is 12.5 Å². The number of hydrogen-bond donors (Lipinski definition) is 2. The molecule has 0 spiro atoms. The van der Waals surface area contributed by atoms with Gasteiger partial charge in [-0.15, -0.1) is 0 Å². The zero-order chi connectivity index (χ0) is 19.2. The molecule has 27 heavy (non-hydrogen) atoms. The molecule has 1 aromatic heterocycles. The lowest BCUT2D eigenvalue weighted by Gasteiger charge is -2.18. The Kier molecular flexibility index (Phi) is 5.87. The Morgan fingerprint density at radius 1 is 1.30 bits per heavy atom. The number of nitrogens with one attached hydrogen (secondary N) is 1. The second-order valence-electron chi connectivity index (χ2n) is 6.12. The third-order valence-corrected chi connectivity index (χ3v) is 4.39. The number of carbonyl (C=O) groups excluding carboxylic acids is 2. The van der Waals surface area contributed by atoms with Gasteiger partial charge >= 0.3 is 0 Å². The molecule has 0 fully saturated rings. The van der Waals surface area contributed by atoms with E-state index in [1.165, 1.54) is 5.01 Å². The highest BCUT2D eigenvalue weighted by Crippen LogP contribution is 2.33. The summed E-state index contributed by atoms with van der Waals surface area (Å²) in [6.07, 6.45) is 2.14. The summed E-state index contributed by atoms with van der Waals surface area (Å²) in [5, 5.41) is 10.2. The molecule has 2 amide bonds. The molecule has 0 saturated carbocycles. The summed E-state index contributed by atoms with van der Waals surface area (Å²) in [6.45, 7) is 0.320. The molecule has 0 saturated heterocycles. The maximum atomic E-state index is 12.7. The fraction of sp³-hybridized carbons (Fsp3) is 0.316. The molecule has 142 valence electrons. The van der Waals surface area contributed by atoms with Crippen LogP contribution in [0.3, 0.4) is 0 Å². The van der Waals surface area contributed by atoms with Gasteiger partial charge in [0.2, 0.25) is 0 Å². The van der Waals surface area contributed by atoms with E-state index >= 15 is 0 Å². The Hall–Kier alpha value is -3.13. The molecule has 0 aliphatic carbocycles. The summed E-state index contributed by atoms with van der Waals surface area (Å²) in [5.41, 5.74) is 1.73. The number of ether oxygens (including phenoxy) is 1. The quantitative estimate of drug-likeness (QED) is 0.730. The van der Waals surface area contributed by atoms with Gasteiger partial charge in [-0.05, 0) is 42.0 Å². The predicted octanol–water partition coefficient (Wildman–Crippen LogP) is 0.275. The molecule has 1 aliphatic rings. The van der Waals surface area contributed by atoms with Crippen LogP contribution >= 0.6 is 0 Å². The van der Waals surface area contributed by atoms with Crippen LogP contribution in [0.25, 0.3) is 0 Å². The van der Waals surface area contributed by atoms with Gasteiger partial charge in [0.05, 0.1) is 19.1 Å². The summed E-state index contributed by atoms with van der Waals surface area (Å²) in [4.78, 5) is 24.0. The first kappa shape index (κ1) is 18.7. The zero-order valence-electron chi connectivity index (χ0n) is 15.3. The number of likely N-dealkylation sites (N-methyl/N-ethyl adjacent to an activating group) is 1. The highest BCUT2D eigenvalue weighted by atomic mass is 16.5. The number of quaternary nitrogens is 1. The number of hydrogen-bond acceptors (Lipinski definition) is 5. The van der Waals surface area contributed by atoms with E-state index < -0.39 is 0 Å². The molecule has 2 heterocycles. The smallest absolute Gasteiger partial charge is 0.298 e. The first-order chi connectivity index (χ1) is 13.1. The molecule has 3 rings (SSSR count). The second kappa shape index (κ2) is 8.50. The lowest BCUT2D eigenvalue weighted by atomic mass is 10.0. The number of furan rings is 1. The largest absolute Gasteiger partial charge is 0.497 e. The molecule has 8 heteroatoms. The summed E-state index contributed by atoms with van der Waals surface area (Å²) < 4.78 is 10.7. The fourth-order valence-electron chi connectivity index (χ4n) is 2.92. The van der Waals surface area contributed by atoms with Crippen LogP contribution < -0.4 is 15.4 Å². The van der Waals surface area contributed by atoms with Crippen LogP contribution in [-0.2, 0) is 9.59 Å². The maximum absolute atomic E-state index is 12.7. The molecule has 1 atom stereocenters. The monoisotopic (exact) mass is 371 g/mol. The van der Waals surface area contributed by atoms with Crippen molar-refractivity contribution < 1.29 is 24.1 Å². The van der Waals surface area contributed by atoms with E-state index in [9.17, 15) is 9.59 Å². The Bertz CT molecular complexity index is 815. The fourth-order valence-corrected chi connectivity index (χ4v) is 2.92. The Morgan fingerprint density at radius 2 is 2.07 bits per heavy atom. The molecule has 0 radical (unpaired) electrons. The van der Waals surface area contributed by atoms with E-state index in [2.05, 4.69) is 10.4 Å². The van der Waals surface area contributed by atoms with Gasteiger partial charge in [0.15, 0.2) is 13.1 Å². The minimum Gasteiger partial charge on any atom is -0.497 e. The summed E-state index contributed by atoms with van der Waals surface area (Å²) in [5.74, 6) is 1.14. The molecular weight excluding hydrogens is 348 g/mol. The van der Waals surface area contributed by atoms with Crippen LogP contribution in [0.15, 0.2) is 52.2 Å². The molecule has 1 aliphatic heterocycles. The van der Waals surface area contributed by atoms with Crippen molar-refractivity contribution in [2.75, 3.05) is 27.2 Å². The Morgan fingerprint density at radius 3 is 2.70 bits per heavy atom. The average Bonchev–Trinajstić information content (AvgIpc) is 3.37. The molecule has 3 N–H and O–H groups in total. The van der Waals surface area contributed by atoms with Crippen LogP contribution in [0.5, 0.6) is 5.75 Å². The Balaban J connectivity index is 1.77. The average molecular weight is 371 g/mol. The topological polar surface area (TPSA) is 101 Å². The van der Waals surface area contributed by atoms with Gasteiger partial charge in [-0.1, -0.05) is 0 Å². The third kappa shape index (κ3) is 4.35. The molecule has 0 bridgehead atoms. The van der Waals surface area contributed by atoms with Crippen molar-refractivity contribution in [1.29, 1.82) is 0 Å². The lowest BCUT2D eigenvalue weighted by Crippen LogP contribution is -2.88. The van der Waals surface area contributed by atoms with Crippen molar-refractivity contribution in [1.82, 2.24) is 10.3 Å². The van der Waals surface area contributed by atoms with Crippen molar-refractivity contribution in [3.63, 3.8) is 0 Å². The molecule has 1 aromatic carbocycles.